The summed E-state index contributed by atoms with van der Waals surface area (Å²) in [4.78, 5) is 36.5. The van der Waals surface area contributed by atoms with Gasteiger partial charge in [-0.25, -0.2) is 4.79 Å². The van der Waals surface area contributed by atoms with Gasteiger partial charge < -0.3 is 20.1 Å². The van der Waals surface area contributed by atoms with Crippen molar-refractivity contribution in [1.82, 2.24) is 0 Å². The summed E-state index contributed by atoms with van der Waals surface area (Å²) in [5.74, 6) is -3.03. The Balaban J connectivity index is 2.19. The Morgan fingerprint density at radius 1 is 1.11 bits per heavy atom. The topological polar surface area (TPSA) is 121 Å². The van der Waals surface area contributed by atoms with Crippen molar-refractivity contribution in [3.05, 3.63) is 71.4 Å². The molecule has 0 radical (unpaired) electrons. The van der Waals surface area contributed by atoms with E-state index < -0.39 is 47.0 Å². The number of allylic oxidation sites excluding steroid dienone is 8. The Morgan fingerprint density at radius 2 is 1.73 bits per heavy atom. The maximum Gasteiger partial charge on any atom is 0.328 e. The predicted octanol–water partition coefficient (Wildman–Crippen LogP) is 4.48. The Labute approximate surface area is 219 Å². The van der Waals surface area contributed by atoms with Crippen LogP contribution in [0.5, 0.6) is 0 Å². The standard InChI is InChI=1S/C30H40O7/c1-18(11-9-13-25(32)33)10-8-12-20(3)27(34)21(4)28(35)37-24-17-19(2)16-23-14-15-29(6,36)30(7,22(5)31)26(23)24/h8-16,19,21,24,26-27,34,36H,17H2,1-7H3,(H,32,33)/b10-8+,13-9+,18-11+,20-12+/t19-,21+,24+,26-,27+,29-,30-/m1/s1. The van der Waals surface area contributed by atoms with Crippen molar-refractivity contribution in [3.8, 4) is 0 Å². The number of hydrogen-bond acceptors (Lipinski definition) is 6. The first kappa shape index (κ1) is 30.2. The monoisotopic (exact) mass is 512 g/mol. The highest BCUT2D eigenvalue weighted by atomic mass is 16.5. The first-order chi connectivity index (χ1) is 17.1. The third kappa shape index (κ3) is 6.84. The highest BCUT2D eigenvalue weighted by molar-refractivity contribution is 5.85. The number of carboxylic acids is 1. The third-order valence-corrected chi connectivity index (χ3v) is 7.71. The molecule has 0 bridgehead atoms. The van der Waals surface area contributed by atoms with E-state index in [1.54, 1.807) is 58.1 Å². The summed E-state index contributed by atoms with van der Waals surface area (Å²) in [5, 5.41) is 30.6. The fourth-order valence-corrected chi connectivity index (χ4v) is 5.09. The van der Waals surface area contributed by atoms with Crippen LogP contribution in [0.15, 0.2) is 71.4 Å². The maximum atomic E-state index is 13.2. The second kappa shape index (κ2) is 12.0. The van der Waals surface area contributed by atoms with Gasteiger partial charge in [-0.05, 0) is 65.0 Å². The van der Waals surface area contributed by atoms with E-state index in [4.69, 9.17) is 9.84 Å². The molecule has 0 spiro atoms. The quantitative estimate of drug-likeness (QED) is 0.237. The van der Waals surface area contributed by atoms with Gasteiger partial charge in [0.15, 0.2) is 0 Å². The van der Waals surface area contributed by atoms with Crippen LogP contribution in [-0.4, -0.2) is 50.9 Å². The summed E-state index contributed by atoms with van der Waals surface area (Å²) >= 11 is 0. The molecule has 0 aromatic heterocycles. The van der Waals surface area contributed by atoms with Gasteiger partial charge in [-0.15, -0.1) is 0 Å². The number of fused-ring (bicyclic) bond motifs is 1. The molecule has 2 rings (SSSR count). The fraction of sp³-hybridized carbons (Fsp3) is 0.500. The minimum Gasteiger partial charge on any atom is -0.478 e. The predicted molar refractivity (Wildman–Crippen MR) is 142 cm³/mol. The number of carbonyl (C=O) groups excluding carboxylic acids is 2. The minimum absolute atomic E-state index is 0.113. The molecule has 7 atom stereocenters. The van der Waals surface area contributed by atoms with Crippen LogP contribution >= 0.6 is 0 Å². The van der Waals surface area contributed by atoms with Crippen LogP contribution in [0.1, 0.15) is 54.9 Å². The first-order valence-corrected chi connectivity index (χ1v) is 12.6. The van der Waals surface area contributed by atoms with E-state index in [1.807, 2.05) is 19.9 Å². The lowest BCUT2D eigenvalue weighted by atomic mass is 9.54. The van der Waals surface area contributed by atoms with Gasteiger partial charge in [-0.2, -0.15) is 0 Å². The second-order valence-electron chi connectivity index (χ2n) is 10.7. The van der Waals surface area contributed by atoms with Crippen LogP contribution < -0.4 is 0 Å². The molecule has 0 aromatic rings. The lowest BCUT2D eigenvalue weighted by molar-refractivity contribution is -0.172. The van der Waals surface area contributed by atoms with Gasteiger partial charge in [-0.3, -0.25) is 9.59 Å². The molecule has 0 saturated heterocycles. The number of carboxylic acid groups (broad SMARTS) is 1. The minimum atomic E-state index is -1.40. The smallest absolute Gasteiger partial charge is 0.328 e. The van der Waals surface area contributed by atoms with Crippen molar-refractivity contribution in [2.45, 2.75) is 72.7 Å². The van der Waals surface area contributed by atoms with Gasteiger partial charge in [0, 0.05) is 12.0 Å². The van der Waals surface area contributed by atoms with Crippen LogP contribution in [0.3, 0.4) is 0 Å². The number of aliphatic hydroxyl groups excluding tert-OH is 1. The third-order valence-electron chi connectivity index (χ3n) is 7.71. The van der Waals surface area contributed by atoms with Gasteiger partial charge in [-0.1, -0.05) is 61.1 Å². The summed E-state index contributed by atoms with van der Waals surface area (Å²) in [6.07, 6.45) is 13.6. The average Bonchev–Trinajstić information content (AvgIpc) is 2.79. The van der Waals surface area contributed by atoms with Crippen LogP contribution in [-0.2, 0) is 19.1 Å². The van der Waals surface area contributed by atoms with Crippen LogP contribution in [0.2, 0.25) is 0 Å². The second-order valence-corrected chi connectivity index (χ2v) is 10.7. The molecule has 0 aliphatic heterocycles. The molecule has 202 valence electrons. The molecule has 0 heterocycles. The van der Waals surface area contributed by atoms with E-state index in [-0.39, 0.29) is 11.7 Å². The first-order valence-electron chi connectivity index (χ1n) is 12.6. The number of hydrogen-bond donors (Lipinski definition) is 3. The van der Waals surface area contributed by atoms with Crippen molar-refractivity contribution < 1.29 is 34.4 Å². The van der Waals surface area contributed by atoms with Gasteiger partial charge in [0.2, 0.25) is 0 Å². The lowest BCUT2D eigenvalue weighted by Crippen LogP contribution is -2.59. The molecule has 0 fully saturated rings. The molecule has 2 aliphatic carbocycles. The molecular formula is C30H40O7. The van der Waals surface area contributed by atoms with Crippen molar-refractivity contribution in [2.75, 3.05) is 0 Å². The zero-order valence-corrected chi connectivity index (χ0v) is 22.8. The number of carbonyl (C=O) groups is 3. The number of rotatable bonds is 9. The molecule has 2 aliphatic rings. The molecule has 37 heavy (non-hydrogen) atoms. The molecular weight excluding hydrogens is 472 g/mol. The summed E-state index contributed by atoms with van der Waals surface area (Å²) in [6, 6.07) is 0. The van der Waals surface area contributed by atoms with Crippen molar-refractivity contribution in [2.24, 2.45) is 23.2 Å². The Kier molecular flexibility index (Phi) is 9.80. The normalized spacial score (nSPS) is 32.1. The van der Waals surface area contributed by atoms with Crippen LogP contribution in [0, 0.1) is 23.2 Å². The number of Topliss-reactive ketones (excluding diaryl/α,β-unsaturated/α-hetero) is 1. The van der Waals surface area contributed by atoms with E-state index in [0.29, 0.717) is 12.0 Å². The number of esters is 1. The van der Waals surface area contributed by atoms with Crippen molar-refractivity contribution in [1.29, 1.82) is 0 Å². The van der Waals surface area contributed by atoms with Crippen molar-refractivity contribution in [3.63, 3.8) is 0 Å². The summed E-state index contributed by atoms with van der Waals surface area (Å²) in [6.45, 7) is 11.9. The molecule has 7 heteroatoms. The zero-order valence-electron chi connectivity index (χ0n) is 22.8. The number of aliphatic hydroxyl groups is 2. The van der Waals surface area contributed by atoms with Gasteiger partial charge in [0.25, 0.3) is 0 Å². The molecule has 7 nitrogen and oxygen atoms in total. The number of aliphatic carboxylic acids is 1. The van der Waals surface area contributed by atoms with Crippen molar-refractivity contribution >= 4 is 17.7 Å². The van der Waals surface area contributed by atoms with E-state index in [1.165, 1.54) is 13.0 Å². The summed E-state index contributed by atoms with van der Waals surface area (Å²) < 4.78 is 5.96. The highest BCUT2D eigenvalue weighted by Gasteiger charge is 2.58. The van der Waals surface area contributed by atoms with Crippen LogP contribution in [0.25, 0.3) is 0 Å². The summed E-state index contributed by atoms with van der Waals surface area (Å²) in [7, 11) is 0. The SMILES string of the molecule is CC(=O)[C@]1(C)[C@@H]2C(=C[C@@H](C)C[C@@H]2OC(=O)[C@@H](C)[C@@H](O)/C(C)=C/C=C/C(C)=C/C=C/C(=O)O)C=C[C@@]1(C)O. The number of ether oxygens (including phenoxy) is 1. The van der Waals surface area contributed by atoms with E-state index in [9.17, 15) is 24.6 Å². The average molecular weight is 513 g/mol. The number of ketones is 1. The Hall–Kier alpha value is -3.03. The zero-order chi connectivity index (χ0) is 28.1. The van der Waals surface area contributed by atoms with Gasteiger partial charge in [0.05, 0.1) is 23.0 Å². The highest BCUT2D eigenvalue weighted by Crippen LogP contribution is 2.52. The molecule has 0 amide bonds. The van der Waals surface area contributed by atoms with Crippen LogP contribution in [0.4, 0.5) is 0 Å². The molecule has 0 aromatic carbocycles. The lowest BCUT2D eigenvalue weighted by Gasteiger charge is -2.52. The molecule has 0 unspecified atom stereocenters. The Morgan fingerprint density at radius 3 is 2.32 bits per heavy atom. The van der Waals surface area contributed by atoms with E-state index in [2.05, 4.69) is 6.08 Å². The summed E-state index contributed by atoms with van der Waals surface area (Å²) in [5.41, 5.74) is -0.337. The molecule has 3 N–H and O–H groups in total. The van der Waals surface area contributed by atoms with Gasteiger partial charge >= 0.3 is 11.9 Å². The van der Waals surface area contributed by atoms with Gasteiger partial charge in [0.1, 0.15) is 11.9 Å². The van der Waals surface area contributed by atoms with E-state index >= 15 is 0 Å². The Bertz CT molecular complexity index is 1090. The molecule has 0 saturated carbocycles. The van der Waals surface area contributed by atoms with E-state index in [0.717, 1.165) is 17.2 Å². The fourth-order valence-electron chi connectivity index (χ4n) is 5.09. The largest absolute Gasteiger partial charge is 0.478 e. The maximum absolute atomic E-state index is 13.2.